The van der Waals surface area contributed by atoms with Crippen molar-refractivity contribution < 1.29 is 4.74 Å². The minimum Gasteiger partial charge on any atom is -0.378 e. The number of hydrogen-bond acceptors (Lipinski definition) is 3. The molecule has 2 nitrogen and oxygen atoms in total. The molecule has 2 N–H and O–H groups in total. The molecule has 0 aromatic rings. The van der Waals surface area contributed by atoms with Crippen molar-refractivity contribution >= 4 is 11.8 Å². The van der Waals surface area contributed by atoms with Gasteiger partial charge in [-0.3, -0.25) is 0 Å². The molecule has 1 atom stereocenters. The molecule has 0 radical (unpaired) electrons. The van der Waals surface area contributed by atoms with Crippen LogP contribution in [0.15, 0.2) is 0 Å². The van der Waals surface area contributed by atoms with Gasteiger partial charge in [0.1, 0.15) is 0 Å². The van der Waals surface area contributed by atoms with E-state index in [1.165, 1.54) is 25.0 Å². The molecule has 1 saturated heterocycles. The van der Waals surface area contributed by atoms with Gasteiger partial charge in [0.15, 0.2) is 0 Å². The maximum Gasteiger partial charge on any atom is 0.0583 e. The molecule has 1 unspecified atom stereocenters. The number of rotatable bonds is 5. The third-order valence-electron chi connectivity index (χ3n) is 2.08. The molecule has 0 saturated carbocycles. The van der Waals surface area contributed by atoms with Crippen LogP contribution in [0.4, 0.5) is 0 Å². The minimum absolute atomic E-state index is 0.0266. The van der Waals surface area contributed by atoms with E-state index in [2.05, 4.69) is 13.8 Å². The standard InChI is InChI=1S/C10H21NOS/c1-10(2,11)8-13-7-5-9-4-3-6-12-9/h9H,3-8,11H2,1-2H3. The van der Waals surface area contributed by atoms with E-state index >= 15 is 0 Å². The first kappa shape index (κ1) is 11.3. The summed E-state index contributed by atoms with van der Waals surface area (Å²) < 4.78 is 5.54. The van der Waals surface area contributed by atoms with Crippen molar-refractivity contribution in [2.45, 2.75) is 44.8 Å². The van der Waals surface area contributed by atoms with Crippen molar-refractivity contribution in [2.24, 2.45) is 5.73 Å². The van der Waals surface area contributed by atoms with Gasteiger partial charge in [0.05, 0.1) is 6.10 Å². The van der Waals surface area contributed by atoms with Crippen LogP contribution >= 0.6 is 11.8 Å². The van der Waals surface area contributed by atoms with E-state index in [1.807, 2.05) is 11.8 Å². The average molecular weight is 203 g/mol. The highest BCUT2D eigenvalue weighted by molar-refractivity contribution is 7.99. The Morgan fingerprint density at radius 1 is 1.54 bits per heavy atom. The van der Waals surface area contributed by atoms with E-state index in [9.17, 15) is 0 Å². The Morgan fingerprint density at radius 2 is 2.31 bits per heavy atom. The monoisotopic (exact) mass is 203 g/mol. The van der Waals surface area contributed by atoms with Gasteiger partial charge in [-0.05, 0) is 38.9 Å². The van der Waals surface area contributed by atoms with E-state index in [4.69, 9.17) is 10.5 Å². The van der Waals surface area contributed by atoms with E-state index < -0.39 is 0 Å². The second kappa shape index (κ2) is 5.23. The fraction of sp³-hybridized carbons (Fsp3) is 1.00. The summed E-state index contributed by atoms with van der Waals surface area (Å²) in [4.78, 5) is 0. The molecule has 78 valence electrons. The van der Waals surface area contributed by atoms with Gasteiger partial charge in [-0.2, -0.15) is 11.8 Å². The maximum absolute atomic E-state index is 5.88. The highest BCUT2D eigenvalue weighted by Gasteiger charge is 2.15. The van der Waals surface area contributed by atoms with Crippen LogP contribution in [0.3, 0.4) is 0 Å². The Hall–Kier alpha value is 0.270. The van der Waals surface area contributed by atoms with Gasteiger partial charge in [-0.25, -0.2) is 0 Å². The highest BCUT2D eigenvalue weighted by Crippen LogP contribution is 2.19. The van der Waals surface area contributed by atoms with E-state index in [1.54, 1.807) is 0 Å². The summed E-state index contributed by atoms with van der Waals surface area (Å²) >= 11 is 1.94. The van der Waals surface area contributed by atoms with Crippen molar-refractivity contribution in [3.05, 3.63) is 0 Å². The van der Waals surface area contributed by atoms with Crippen molar-refractivity contribution in [3.63, 3.8) is 0 Å². The summed E-state index contributed by atoms with van der Waals surface area (Å²) in [6.07, 6.45) is 4.23. The second-order valence-corrected chi connectivity index (χ2v) is 5.57. The molecule has 0 spiro atoms. The van der Waals surface area contributed by atoms with Crippen LogP contribution in [0.2, 0.25) is 0 Å². The highest BCUT2D eigenvalue weighted by atomic mass is 32.2. The largest absolute Gasteiger partial charge is 0.378 e. The van der Waals surface area contributed by atoms with Crippen LogP contribution < -0.4 is 5.73 Å². The number of thioether (sulfide) groups is 1. The average Bonchev–Trinajstić information content (AvgIpc) is 2.48. The topological polar surface area (TPSA) is 35.2 Å². The quantitative estimate of drug-likeness (QED) is 0.694. The van der Waals surface area contributed by atoms with Gasteiger partial charge in [0, 0.05) is 17.9 Å². The zero-order valence-electron chi connectivity index (χ0n) is 8.71. The summed E-state index contributed by atoms with van der Waals surface area (Å²) in [7, 11) is 0. The lowest BCUT2D eigenvalue weighted by Gasteiger charge is -2.18. The van der Waals surface area contributed by atoms with Crippen LogP contribution in [0.25, 0.3) is 0 Å². The lowest BCUT2D eigenvalue weighted by Crippen LogP contribution is -2.34. The summed E-state index contributed by atoms with van der Waals surface area (Å²) in [5.41, 5.74) is 5.85. The zero-order valence-corrected chi connectivity index (χ0v) is 9.53. The van der Waals surface area contributed by atoms with Crippen LogP contribution in [-0.4, -0.2) is 29.8 Å². The molecule has 0 amide bonds. The number of nitrogens with two attached hydrogens (primary N) is 1. The Balaban J connectivity index is 1.94. The van der Waals surface area contributed by atoms with E-state index in [0.717, 1.165) is 12.4 Å². The molecule has 3 heteroatoms. The maximum atomic E-state index is 5.88. The van der Waals surface area contributed by atoms with Gasteiger partial charge in [0.2, 0.25) is 0 Å². The van der Waals surface area contributed by atoms with Gasteiger partial charge in [0.25, 0.3) is 0 Å². The smallest absolute Gasteiger partial charge is 0.0583 e. The Morgan fingerprint density at radius 3 is 2.85 bits per heavy atom. The van der Waals surface area contributed by atoms with E-state index in [-0.39, 0.29) is 5.54 Å². The van der Waals surface area contributed by atoms with Crippen molar-refractivity contribution in [1.29, 1.82) is 0 Å². The second-order valence-electron chi connectivity index (χ2n) is 4.46. The molecule has 13 heavy (non-hydrogen) atoms. The summed E-state index contributed by atoms with van der Waals surface area (Å²) in [5.74, 6) is 2.23. The van der Waals surface area contributed by atoms with Crippen LogP contribution in [-0.2, 0) is 4.74 Å². The molecule has 1 fully saturated rings. The summed E-state index contributed by atoms with van der Waals surface area (Å²) in [6, 6.07) is 0. The zero-order chi connectivity index (χ0) is 9.73. The lowest BCUT2D eigenvalue weighted by atomic mass is 10.1. The molecule has 1 rings (SSSR count). The molecule has 1 heterocycles. The van der Waals surface area contributed by atoms with Gasteiger partial charge >= 0.3 is 0 Å². The molecular weight excluding hydrogens is 182 g/mol. The Bertz CT molecular complexity index is 138. The van der Waals surface area contributed by atoms with E-state index in [0.29, 0.717) is 6.10 Å². The molecule has 0 aromatic heterocycles. The summed E-state index contributed by atoms with van der Waals surface area (Å²) in [6.45, 7) is 5.12. The third kappa shape index (κ3) is 5.55. The van der Waals surface area contributed by atoms with Crippen molar-refractivity contribution in [2.75, 3.05) is 18.1 Å². The molecule has 0 bridgehead atoms. The first-order chi connectivity index (χ1) is 6.08. The minimum atomic E-state index is -0.0266. The first-order valence-electron chi connectivity index (χ1n) is 5.06. The lowest BCUT2D eigenvalue weighted by molar-refractivity contribution is 0.109. The molecule has 0 aliphatic carbocycles. The SMILES string of the molecule is CC(C)(N)CSCCC1CCCO1. The predicted molar refractivity (Wildman–Crippen MR) is 59.2 cm³/mol. The van der Waals surface area contributed by atoms with Crippen molar-refractivity contribution in [1.82, 2.24) is 0 Å². The van der Waals surface area contributed by atoms with Gasteiger partial charge < -0.3 is 10.5 Å². The normalized spacial score (nSPS) is 23.8. The Labute approximate surface area is 85.6 Å². The van der Waals surface area contributed by atoms with Crippen molar-refractivity contribution in [3.8, 4) is 0 Å². The van der Waals surface area contributed by atoms with Crippen LogP contribution in [0, 0.1) is 0 Å². The van der Waals surface area contributed by atoms with Gasteiger partial charge in [-0.15, -0.1) is 0 Å². The third-order valence-corrected chi connectivity index (χ3v) is 3.55. The van der Waals surface area contributed by atoms with Crippen LogP contribution in [0.1, 0.15) is 33.1 Å². The number of hydrogen-bond donors (Lipinski definition) is 1. The number of ether oxygens (including phenoxy) is 1. The first-order valence-corrected chi connectivity index (χ1v) is 6.22. The Kier molecular flexibility index (Phi) is 4.56. The predicted octanol–water partition coefficient (Wildman–Crippen LogP) is 2.03. The fourth-order valence-electron chi connectivity index (χ4n) is 1.42. The molecule has 1 aliphatic rings. The van der Waals surface area contributed by atoms with Gasteiger partial charge in [-0.1, -0.05) is 0 Å². The molecule has 0 aromatic carbocycles. The molecular formula is C10H21NOS. The molecule has 1 aliphatic heterocycles. The summed E-state index contributed by atoms with van der Waals surface area (Å²) in [5, 5.41) is 0. The van der Waals surface area contributed by atoms with Crippen LogP contribution in [0.5, 0.6) is 0 Å². The fourth-order valence-corrected chi connectivity index (χ4v) is 2.52.